The van der Waals surface area contributed by atoms with Gasteiger partial charge in [0.1, 0.15) is 10.8 Å². The maximum Gasteiger partial charge on any atom is 0.264 e. The van der Waals surface area contributed by atoms with Crippen molar-refractivity contribution in [1.29, 1.82) is 0 Å². The van der Waals surface area contributed by atoms with Crippen molar-refractivity contribution in [3.63, 3.8) is 0 Å². The molecule has 5 nitrogen and oxygen atoms in total. The maximum atomic E-state index is 12.7. The monoisotopic (exact) mass is 467 g/mol. The summed E-state index contributed by atoms with van der Waals surface area (Å²) in [5.41, 5.74) is 2.25. The van der Waals surface area contributed by atoms with Crippen LogP contribution in [-0.2, 0) is 13.0 Å². The first-order chi connectivity index (χ1) is 15.7. The summed E-state index contributed by atoms with van der Waals surface area (Å²) in [5.74, 6) is 1.04. The van der Waals surface area contributed by atoms with Gasteiger partial charge in [0.15, 0.2) is 0 Å². The predicted molar refractivity (Wildman–Crippen MR) is 131 cm³/mol. The Morgan fingerprint density at radius 1 is 1.22 bits per heavy atom. The van der Waals surface area contributed by atoms with Gasteiger partial charge in [-0.25, -0.2) is 4.98 Å². The molecule has 0 saturated carbocycles. The van der Waals surface area contributed by atoms with E-state index in [9.17, 15) is 4.79 Å². The summed E-state index contributed by atoms with van der Waals surface area (Å²) in [4.78, 5) is 24.1. The number of carbonyl (C=O) groups excluding carboxylic acids is 1. The Kier molecular flexibility index (Phi) is 6.57. The van der Waals surface area contributed by atoms with Gasteiger partial charge in [-0.2, -0.15) is 0 Å². The fraction of sp³-hybridized carbons (Fsp3) is 0.440. The summed E-state index contributed by atoms with van der Waals surface area (Å²) < 4.78 is 5.96. The predicted octanol–water partition coefficient (Wildman–Crippen LogP) is 5.32. The molecule has 168 valence electrons. The van der Waals surface area contributed by atoms with Gasteiger partial charge in [-0.3, -0.25) is 4.79 Å². The molecule has 0 bridgehead atoms. The van der Waals surface area contributed by atoms with E-state index in [1.807, 2.05) is 34.5 Å². The Balaban J connectivity index is 1.16. The Labute approximate surface area is 197 Å². The number of fused-ring (bicyclic) bond motifs is 1. The minimum absolute atomic E-state index is 0.126. The fourth-order valence-corrected chi connectivity index (χ4v) is 6.34. The molecule has 1 aromatic carbocycles. The topological polar surface area (TPSA) is 45.7 Å². The van der Waals surface area contributed by atoms with Gasteiger partial charge < -0.3 is 14.5 Å². The molecular formula is C25H29N3O2S2. The summed E-state index contributed by atoms with van der Waals surface area (Å²) in [6, 6.07) is 12.8. The second kappa shape index (κ2) is 9.73. The summed E-state index contributed by atoms with van der Waals surface area (Å²) in [6.45, 7) is 6.81. The second-order valence-corrected chi connectivity index (χ2v) is 10.6. The van der Waals surface area contributed by atoms with Gasteiger partial charge in [-0.15, -0.1) is 22.7 Å². The highest BCUT2D eigenvalue weighted by molar-refractivity contribution is 7.15. The smallest absolute Gasteiger partial charge is 0.264 e. The van der Waals surface area contributed by atoms with Crippen LogP contribution in [0.15, 0.2) is 41.8 Å². The SMILES string of the molecule is CC1CCCN1CCCOc1ccc(-c2nc3c(s2)CN(C(=O)c2cccs2)CC3)cc1. The molecule has 0 radical (unpaired) electrons. The molecule has 0 aliphatic carbocycles. The molecule has 1 fully saturated rings. The number of rotatable bonds is 7. The van der Waals surface area contributed by atoms with E-state index in [4.69, 9.17) is 9.72 Å². The third-order valence-corrected chi connectivity index (χ3v) is 8.39. The standard InChI is InChI=1S/C25H29N3O2S2/c1-18-5-2-12-27(18)13-4-15-30-20-9-7-19(8-10-20)24-26-21-11-14-28(17-23(21)32-24)25(29)22-6-3-16-31-22/h3,6-10,16,18H,2,4-5,11-15,17H2,1H3. The molecule has 0 N–H and O–H groups in total. The highest BCUT2D eigenvalue weighted by atomic mass is 32.1. The minimum Gasteiger partial charge on any atom is -0.494 e. The number of ether oxygens (including phenoxy) is 1. The van der Waals surface area contributed by atoms with Gasteiger partial charge >= 0.3 is 0 Å². The lowest BCUT2D eigenvalue weighted by molar-refractivity contribution is 0.0741. The first-order valence-corrected chi connectivity index (χ1v) is 13.2. The van der Waals surface area contributed by atoms with Gasteiger partial charge in [-0.05, 0) is 68.4 Å². The van der Waals surface area contributed by atoms with Crippen molar-refractivity contribution in [1.82, 2.24) is 14.8 Å². The lowest BCUT2D eigenvalue weighted by Gasteiger charge is -2.25. The third-order valence-electron chi connectivity index (χ3n) is 6.40. The van der Waals surface area contributed by atoms with E-state index in [2.05, 4.69) is 24.0 Å². The van der Waals surface area contributed by atoms with Crippen LogP contribution in [0.4, 0.5) is 0 Å². The molecule has 32 heavy (non-hydrogen) atoms. The summed E-state index contributed by atoms with van der Waals surface area (Å²) in [6.07, 6.45) is 4.53. The molecule has 1 saturated heterocycles. The van der Waals surface area contributed by atoms with Crippen molar-refractivity contribution in [3.05, 3.63) is 57.2 Å². The molecule has 2 aliphatic heterocycles. The van der Waals surface area contributed by atoms with Gasteiger partial charge in [0.2, 0.25) is 0 Å². The molecule has 2 aliphatic rings. The highest BCUT2D eigenvalue weighted by Crippen LogP contribution is 2.33. The first-order valence-electron chi connectivity index (χ1n) is 11.5. The van der Waals surface area contributed by atoms with Crippen LogP contribution in [0.1, 0.15) is 46.4 Å². The van der Waals surface area contributed by atoms with Crippen LogP contribution in [0.2, 0.25) is 0 Å². The molecule has 3 aromatic rings. The Hall–Kier alpha value is -2.22. The van der Waals surface area contributed by atoms with Gasteiger partial charge in [0.25, 0.3) is 5.91 Å². The quantitative estimate of drug-likeness (QED) is 0.441. The van der Waals surface area contributed by atoms with Gasteiger partial charge in [-0.1, -0.05) is 6.07 Å². The van der Waals surface area contributed by atoms with Crippen molar-refractivity contribution in [2.75, 3.05) is 26.2 Å². The van der Waals surface area contributed by atoms with E-state index in [0.717, 1.165) is 65.5 Å². The number of thiophene rings is 1. The molecule has 1 atom stereocenters. The first kappa shape index (κ1) is 21.6. The van der Waals surface area contributed by atoms with Gasteiger partial charge in [0.05, 0.1) is 23.7 Å². The molecule has 4 heterocycles. The van der Waals surface area contributed by atoms with Crippen LogP contribution in [0, 0.1) is 0 Å². The van der Waals surface area contributed by atoms with E-state index in [1.54, 1.807) is 11.3 Å². The average molecular weight is 468 g/mol. The van der Waals surface area contributed by atoms with Crippen LogP contribution in [0.25, 0.3) is 10.6 Å². The number of hydrogen-bond donors (Lipinski definition) is 0. The van der Waals surface area contributed by atoms with Crippen molar-refractivity contribution >= 4 is 28.6 Å². The zero-order chi connectivity index (χ0) is 21.9. The van der Waals surface area contributed by atoms with E-state index < -0.39 is 0 Å². The van der Waals surface area contributed by atoms with E-state index in [1.165, 1.54) is 35.6 Å². The average Bonchev–Trinajstić information content (AvgIpc) is 3.57. The van der Waals surface area contributed by atoms with E-state index >= 15 is 0 Å². The molecule has 0 spiro atoms. The zero-order valence-electron chi connectivity index (χ0n) is 18.5. The Morgan fingerprint density at radius 3 is 2.84 bits per heavy atom. The number of benzene rings is 1. The van der Waals surface area contributed by atoms with Gasteiger partial charge in [0, 0.05) is 36.0 Å². The maximum absolute atomic E-state index is 12.7. The van der Waals surface area contributed by atoms with Crippen molar-refractivity contribution in [2.45, 2.75) is 45.2 Å². The zero-order valence-corrected chi connectivity index (χ0v) is 20.1. The van der Waals surface area contributed by atoms with E-state index in [0.29, 0.717) is 6.54 Å². The number of thiazole rings is 1. The Bertz CT molecular complexity index is 1050. The highest BCUT2D eigenvalue weighted by Gasteiger charge is 2.25. The van der Waals surface area contributed by atoms with E-state index in [-0.39, 0.29) is 5.91 Å². The third kappa shape index (κ3) is 4.75. The lowest BCUT2D eigenvalue weighted by Crippen LogP contribution is -2.35. The van der Waals surface area contributed by atoms with Crippen LogP contribution in [-0.4, -0.2) is 53.0 Å². The number of likely N-dealkylation sites (tertiary alicyclic amines) is 1. The lowest BCUT2D eigenvalue weighted by atomic mass is 10.1. The number of nitrogens with zero attached hydrogens (tertiary/aromatic N) is 3. The Morgan fingerprint density at radius 2 is 2.09 bits per heavy atom. The summed E-state index contributed by atoms with van der Waals surface area (Å²) in [7, 11) is 0. The molecular weight excluding hydrogens is 438 g/mol. The molecule has 5 rings (SSSR count). The van der Waals surface area contributed by atoms with Crippen LogP contribution >= 0.6 is 22.7 Å². The van der Waals surface area contributed by atoms with Crippen molar-refractivity contribution in [3.8, 4) is 16.3 Å². The largest absolute Gasteiger partial charge is 0.494 e. The fourth-order valence-electron chi connectivity index (χ4n) is 4.52. The number of carbonyl (C=O) groups is 1. The van der Waals surface area contributed by atoms with Crippen LogP contribution in [0.5, 0.6) is 5.75 Å². The van der Waals surface area contributed by atoms with Crippen molar-refractivity contribution < 1.29 is 9.53 Å². The van der Waals surface area contributed by atoms with Crippen molar-refractivity contribution in [2.24, 2.45) is 0 Å². The van der Waals surface area contributed by atoms with Crippen LogP contribution in [0.3, 0.4) is 0 Å². The number of amides is 1. The summed E-state index contributed by atoms with van der Waals surface area (Å²) >= 11 is 3.21. The molecule has 1 amide bonds. The molecule has 1 unspecified atom stereocenters. The number of hydrogen-bond acceptors (Lipinski definition) is 6. The second-order valence-electron chi connectivity index (χ2n) is 8.60. The minimum atomic E-state index is 0.126. The molecule has 7 heteroatoms. The summed E-state index contributed by atoms with van der Waals surface area (Å²) in [5, 5.41) is 2.98. The van der Waals surface area contributed by atoms with Crippen LogP contribution < -0.4 is 4.74 Å². The number of aromatic nitrogens is 1. The normalized spacial score (nSPS) is 18.7. The molecule has 2 aromatic heterocycles.